The summed E-state index contributed by atoms with van der Waals surface area (Å²) in [7, 11) is 0. The summed E-state index contributed by atoms with van der Waals surface area (Å²) in [6, 6.07) is 0.519. The number of piperidine rings is 2. The quantitative estimate of drug-likeness (QED) is 0.848. The Hall–Kier alpha value is -0.570. The molecule has 2 heterocycles. The van der Waals surface area contributed by atoms with Crippen LogP contribution in [0.25, 0.3) is 0 Å². The van der Waals surface area contributed by atoms with Crippen molar-refractivity contribution in [1.29, 1.82) is 0 Å². The van der Waals surface area contributed by atoms with Crippen molar-refractivity contribution in [3.8, 4) is 0 Å². The first-order chi connectivity index (χ1) is 9.18. The Labute approximate surface area is 118 Å². The molecule has 2 unspecified atom stereocenters. The second kappa shape index (κ2) is 7.28. The average molecular weight is 266 g/mol. The highest BCUT2D eigenvalue weighted by molar-refractivity contribution is 5.79. The van der Waals surface area contributed by atoms with Gasteiger partial charge in [-0.05, 0) is 57.4 Å². The standard InChI is InChI=1S/C16H30N2O/c1-13(2)8-9-15-7-3-4-11-18(15)16(19)14-6-5-10-17-12-14/h13-15,17H,3-12H2,1-2H3. The van der Waals surface area contributed by atoms with Gasteiger partial charge in [0.2, 0.25) is 5.91 Å². The van der Waals surface area contributed by atoms with Gasteiger partial charge in [0, 0.05) is 19.1 Å². The third-order valence-corrected chi connectivity index (χ3v) is 4.63. The molecule has 2 aliphatic rings. The molecule has 2 aliphatic heterocycles. The van der Waals surface area contributed by atoms with Crippen molar-refractivity contribution in [2.24, 2.45) is 11.8 Å². The maximum absolute atomic E-state index is 12.7. The van der Waals surface area contributed by atoms with Crippen LogP contribution in [-0.2, 0) is 4.79 Å². The molecule has 3 heteroatoms. The van der Waals surface area contributed by atoms with E-state index >= 15 is 0 Å². The van der Waals surface area contributed by atoms with E-state index in [1.807, 2.05) is 0 Å². The lowest BCUT2D eigenvalue weighted by Gasteiger charge is -2.39. The summed E-state index contributed by atoms with van der Waals surface area (Å²) in [5.41, 5.74) is 0. The van der Waals surface area contributed by atoms with E-state index in [1.165, 1.54) is 32.1 Å². The molecule has 0 saturated carbocycles. The summed E-state index contributed by atoms with van der Waals surface area (Å²) in [6.45, 7) is 7.53. The van der Waals surface area contributed by atoms with Gasteiger partial charge in [0.15, 0.2) is 0 Å². The molecule has 2 rings (SSSR count). The van der Waals surface area contributed by atoms with Gasteiger partial charge in [-0.15, -0.1) is 0 Å². The predicted octanol–water partition coefficient (Wildman–Crippen LogP) is 2.80. The summed E-state index contributed by atoms with van der Waals surface area (Å²) < 4.78 is 0. The predicted molar refractivity (Wildman–Crippen MR) is 79.0 cm³/mol. The summed E-state index contributed by atoms with van der Waals surface area (Å²) in [6.07, 6.45) is 8.40. The molecule has 2 atom stereocenters. The molecule has 0 aromatic carbocycles. The largest absolute Gasteiger partial charge is 0.339 e. The molecule has 0 aromatic heterocycles. The fraction of sp³-hybridized carbons (Fsp3) is 0.938. The van der Waals surface area contributed by atoms with E-state index in [0.717, 1.165) is 38.4 Å². The monoisotopic (exact) mass is 266 g/mol. The van der Waals surface area contributed by atoms with Crippen LogP contribution in [-0.4, -0.2) is 36.5 Å². The molecular weight excluding hydrogens is 236 g/mol. The zero-order valence-electron chi connectivity index (χ0n) is 12.7. The molecule has 1 amide bonds. The van der Waals surface area contributed by atoms with Gasteiger partial charge in [0.1, 0.15) is 0 Å². The molecule has 19 heavy (non-hydrogen) atoms. The number of likely N-dealkylation sites (tertiary alicyclic amines) is 1. The van der Waals surface area contributed by atoms with Gasteiger partial charge in [-0.25, -0.2) is 0 Å². The number of carbonyl (C=O) groups is 1. The van der Waals surface area contributed by atoms with E-state index in [2.05, 4.69) is 24.1 Å². The number of amides is 1. The number of nitrogens with one attached hydrogen (secondary N) is 1. The fourth-order valence-corrected chi connectivity index (χ4v) is 3.41. The molecular formula is C16H30N2O. The van der Waals surface area contributed by atoms with Gasteiger partial charge in [0.25, 0.3) is 0 Å². The van der Waals surface area contributed by atoms with Crippen LogP contribution in [0.2, 0.25) is 0 Å². The van der Waals surface area contributed by atoms with E-state index in [0.29, 0.717) is 11.9 Å². The Kier molecular flexibility index (Phi) is 5.68. The zero-order valence-corrected chi connectivity index (χ0v) is 12.7. The van der Waals surface area contributed by atoms with Crippen molar-refractivity contribution in [2.45, 2.75) is 64.8 Å². The Morgan fingerprint density at radius 3 is 2.79 bits per heavy atom. The molecule has 0 aliphatic carbocycles. The first kappa shape index (κ1) is 14.8. The normalized spacial score (nSPS) is 28.7. The summed E-state index contributed by atoms with van der Waals surface area (Å²) in [5.74, 6) is 1.42. The van der Waals surface area contributed by atoms with Gasteiger partial charge in [-0.2, -0.15) is 0 Å². The number of rotatable bonds is 4. The third kappa shape index (κ3) is 4.20. The van der Waals surface area contributed by atoms with Gasteiger partial charge in [0.05, 0.1) is 5.92 Å². The van der Waals surface area contributed by atoms with E-state index in [-0.39, 0.29) is 5.92 Å². The molecule has 0 aromatic rings. The Morgan fingerprint density at radius 2 is 2.11 bits per heavy atom. The lowest BCUT2D eigenvalue weighted by molar-refractivity contribution is -0.140. The molecule has 110 valence electrons. The number of hydrogen-bond donors (Lipinski definition) is 1. The smallest absolute Gasteiger partial charge is 0.227 e. The van der Waals surface area contributed by atoms with E-state index in [1.54, 1.807) is 0 Å². The van der Waals surface area contributed by atoms with Crippen LogP contribution >= 0.6 is 0 Å². The average Bonchev–Trinajstić information content (AvgIpc) is 2.45. The van der Waals surface area contributed by atoms with Gasteiger partial charge >= 0.3 is 0 Å². The minimum Gasteiger partial charge on any atom is -0.339 e. The van der Waals surface area contributed by atoms with Gasteiger partial charge in [-0.3, -0.25) is 4.79 Å². The lowest BCUT2D eigenvalue weighted by atomic mass is 9.91. The molecule has 0 spiro atoms. The van der Waals surface area contributed by atoms with Crippen molar-refractivity contribution >= 4 is 5.91 Å². The molecule has 2 saturated heterocycles. The van der Waals surface area contributed by atoms with Crippen molar-refractivity contribution in [1.82, 2.24) is 10.2 Å². The summed E-state index contributed by atoms with van der Waals surface area (Å²) >= 11 is 0. The number of carbonyl (C=O) groups excluding carboxylic acids is 1. The lowest BCUT2D eigenvalue weighted by Crippen LogP contribution is -2.49. The summed E-state index contributed by atoms with van der Waals surface area (Å²) in [4.78, 5) is 14.9. The molecule has 2 fully saturated rings. The van der Waals surface area contributed by atoms with Crippen LogP contribution < -0.4 is 5.32 Å². The highest BCUT2D eigenvalue weighted by Crippen LogP contribution is 2.25. The Morgan fingerprint density at radius 1 is 1.26 bits per heavy atom. The highest BCUT2D eigenvalue weighted by atomic mass is 16.2. The van der Waals surface area contributed by atoms with Gasteiger partial charge < -0.3 is 10.2 Å². The second-order valence-electron chi connectivity index (χ2n) is 6.70. The molecule has 0 radical (unpaired) electrons. The topological polar surface area (TPSA) is 32.3 Å². The summed E-state index contributed by atoms with van der Waals surface area (Å²) in [5, 5.41) is 3.37. The van der Waals surface area contributed by atoms with Crippen LogP contribution in [0.3, 0.4) is 0 Å². The molecule has 1 N–H and O–H groups in total. The first-order valence-electron chi connectivity index (χ1n) is 8.19. The van der Waals surface area contributed by atoms with Crippen LogP contribution in [0, 0.1) is 11.8 Å². The second-order valence-corrected chi connectivity index (χ2v) is 6.70. The van der Waals surface area contributed by atoms with Crippen LogP contribution in [0.15, 0.2) is 0 Å². The van der Waals surface area contributed by atoms with Crippen LogP contribution in [0.1, 0.15) is 58.8 Å². The SMILES string of the molecule is CC(C)CCC1CCCCN1C(=O)C1CCCNC1. The molecule has 0 bridgehead atoms. The van der Waals surface area contributed by atoms with Crippen molar-refractivity contribution in [2.75, 3.05) is 19.6 Å². The Balaban J connectivity index is 1.91. The van der Waals surface area contributed by atoms with Crippen molar-refractivity contribution in [3.63, 3.8) is 0 Å². The number of hydrogen-bond acceptors (Lipinski definition) is 2. The van der Waals surface area contributed by atoms with E-state index in [9.17, 15) is 4.79 Å². The van der Waals surface area contributed by atoms with E-state index < -0.39 is 0 Å². The van der Waals surface area contributed by atoms with Crippen LogP contribution in [0.4, 0.5) is 0 Å². The minimum absolute atomic E-state index is 0.244. The minimum atomic E-state index is 0.244. The molecule has 3 nitrogen and oxygen atoms in total. The van der Waals surface area contributed by atoms with Gasteiger partial charge in [-0.1, -0.05) is 13.8 Å². The van der Waals surface area contributed by atoms with Crippen LogP contribution in [0.5, 0.6) is 0 Å². The number of nitrogens with zero attached hydrogens (tertiary/aromatic N) is 1. The fourth-order valence-electron chi connectivity index (χ4n) is 3.41. The highest BCUT2D eigenvalue weighted by Gasteiger charge is 2.31. The maximum atomic E-state index is 12.7. The maximum Gasteiger partial charge on any atom is 0.227 e. The van der Waals surface area contributed by atoms with Crippen molar-refractivity contribution < 1.29 is 4.79 Å². The zero-order chi connectivity index (χ0) is 13.7. The Bertz CT molecular complexity index is 284. The van der Waals surface area contributed by atoms with Crippen molar-refractivity contribution in [3.05, 3.63) is 0 Å². The third-order valence-electron chi connectivity index (χ3n) is 4.63. The first-order valence-corrected chi connectivity index (χ1v) is 8.19. The van der Waals surface area contributed by atoms with E-state index in [4.69, 9.17) is 0 Å².